The fraction of sp³-hybridized carbons (Fsp3) is 0.591. The number of aliphatic imine (C=N–C) groups is 2. The molecular formula is C22H28F3N5O. The summed E-state index contributed by atoms with van der Waals surface area (Å²) in [5, 5.41) is 3.63. The fourth-order valence-electron chi connectivity index (χ4n) is 4.72. The first-order valence-corrected chi connectivity index (χ1v) is 10.8. The van der Waals surface area contributed by atoms with E-state index in [0.29, 0.717) is 36.8 Å². The predicted octanol–water partition coefficient (Wildman–Crippen LogP) is 3.23. The van der Waals surface area contributed by atoms with E-state index in [1.54, 1.807) is 4.90 Å². The molecule has 0 bridgehead atoms. The number of alkyl halides is 3. The molecule has 1 fully saturated rings. The first kappa shape index (κ1) is 21.6. The van der Waals surface area contributed by atoms with Crippen molar-refractivity contribution >= 4 is 18.3 Å². The minimum atomic E-state index is -4.47. The molecule has 3 heterocycles. The van der Waals surface area contributed by atoms with Crippen molar-refractivity contribution in [2.75, 3.05) is 13.1 Å². The smallest absolute Gasteiger partial charge is 0.398 e. The number of nitrogens with two attached hydrogens (primary N) is 1. The van der Waals surface area contributed by atoms with Crippen LogP contribution in [0.4, 0.5) is 13.2 Å². The molecule has 0 aromatic heterocycles. The number of hydrogen-bond acceptors (Lipinski definition) is 5. The Morgan fingerprint density at radius 3 is 2.58 bits per heavy atom. The zero-order valence-electron chi connectivity index (χ0n) is 17.6. The molecule has 4 aliphatic rings. The average Bonchev–Trinajstić information content (AvgIpc) is 3.17. The lowest BCUT2D eigenvalue weighted by Gasteiger charge is -2.34. The highest BCUT2D eigenvalue weighted by Gasteiger charge is 2.39. The van der Waals surface area contributed by atoms with Crippen LogP contribution in [0, 0.1) is 5.92 Å². The second-order valence-electron chi connectivity index (χ2n) is 8.61. The maximum absolute atomic E-state index is 13.2. The van der Waals surface area contributed by atoms with Crippen molar-refractivity contribution in [3.63, 3.8) is 0 Å². The fourth-order valence-corrected chi connectivity index (χ4v) is 4.72. The molecule has 0 spiro atoms. The molecule has 0 saturated heterocycles. The van der Waals surface area contributed by atoms with Gasteiger partial charge in [0.05, 0.1) is 5.57 Å². The molecule has 31 heavy (non-hydrogen) atoms. The summed E-state index contributed by atoms with van der Waals surface area (Å²) in [7, 11) is 0. The van der Waals surface area contributed by atoms with E-state index in [-0.39, 0.29) is 5.91 Å². The van der Waals surface area contributed by atoms with Crippen molar-refractivity contribution in [2.24, 2.45) is 21.6 Å². The number of fused-ring (bicyclic) bond motifs is 1. The van der Waals surface area contributed by atoms with E-state index >= 15 is 0 Å². The van der Waals surface area contributed by atoms with Crippen LogP contribution >= 0.6 is 0 Å². The predicted molar refractivity (Wildman–Crippen MR) is 114 cm³/mol. The molecule has 168 valence electrons. The summed E-state index contributed by atoms with van der Waals surface area (Å²) in [6, 6.07) is 0.362. The summed E-state index contributed by atoms with van der Waals surface area (Å²) in [6.07, 6.45) is 4.85. The van der Waals surface area contributed by atoms with Crippen molar-refractivity contribution in [3.05, 3.63) is 34.2 Å². The van der Waals surface area contributed by atoms with Crippen LogP contribution in [0.5, 0.6) is 0 Å². The van der Waals surface area contributed by atoms with Gasteiger partial charge >= 0.3 is 6.18 Å². The third-order valence-electron chi connectivity index (χ3n) is 6.51. The number of dihydropyridines is 1. The highest BCUT2D eigenvalue weighted by atomic mass is 19.4. The molecule has 1 aliphatic carbocycles. The quantitative estimate of drug-likeness (QED) is 0.714. The minimum Gasteiger partial charge on any atom is -0.398 e. The van der Waals surface area contributed by atoms with Gasteiger partial charge in [0.15, 0.2) is 0 Å². The lowest BCUT2D eigenvalue weighted by atomic mass is 9.89. The van der Waals surface area contributed by atoms with E-state index in [1.165, 1.54) is 32.4 Å². The number of rotatable bonds is 3. The Balaban J connectivity index is 1.69. The minimum absolute atomic E-state index is 0.0495. The average molecular weight is 435 g/mol. The van der Waals surface area contributed by atoms with Gasteiger partial charge in [0, 0.05) is 73.4 Å². The van der Waals surface area contributed by atoms with E-state index in [4.69, 9.17) is 5.73 Å². The Bertz CT molecular complexity index is 893. The van der Waals surface area contributed by atoms with Crippen molar-refractivity contribution in [2.45, 2.75) is 63.8 Å². The maximum Gasteiger partial charge on any atom is 0.417 e. The van der Waals surface area contributed by atoms with Crippen LogP contribution in [0.2, 0.25) is 0 Å². The van der Waals surface area contributed by atoms with Gasteiger partial charge in [-0.15, -0.1) is 0 Å². The van der Waals surface area contributed by atoms with Crippen LogP contribution in [0.1, 0.15) is 45.4 Å². The lowest BCUT2D eigenvalue weighted by Crippen LogP contribution is -2.42. The Morgan fingerprint density at radius 2 is 1.90 bits per heavy atom. The van der Waals surface area contributed by atoms with Crippen molar-refractivity contribution in [3.8, 4) is 0 Å². The van der Waals surface area contributed by atoms with E-state index in [0.717, 1.165) is 36.4 Å². The monoisotopic (exact) mass is 435 g/mol. The Morgan fingerprint density at radius 1 is 1.19 bits per heavy atom. The molecule has 4 rings (SSSR count). The van der Waals surface area contributed by atoms with Crippen LogP contribution in [0.25, 0.3) is 0 Å². The zero-order chi connectivity index (χ0) is 22.2. The summed E-state index contributed by atoms with van der Waals surface area (Å²) in [5.41, 5.74) is 8.49. The van der Waals surface area contributed by atoms with Gasteiger partial charge in [-0.3, -0.25) is 14.8 Å². The van der Waals surface area contributed by atoms with Gasteiger partial charge in [0.25, 0.3) is 0 Å². The lowest BCUT2D eigenvalue weighted by molar-refractivity contribution is -0.128. The molecule has 1 amide bonds. The van der Waals surface area contributed by atoms with Gasteiger partial charge < -0.3 is 16.0 Å². The first-order chi connectivity index (χ1) is 14.7. The van der Waals surface area contributed by atoms with Crippen LogP contribution in [-0.4, -0.2) is 54.7 Å². The highest BCUT2D eigenvalue weighted by Crippen LogP contribution is 2.37. The van der Waals surface area contributed by atoms with Crippen LogP contribution in [0.15, 0.2) is 44.2 Å². The van der Waals surface area contributed by atoms with Crippen LogP contribution in [-0.2, 0) is 4.79 Å². The maximum atomic E-state index is 13.2. The largest absolute Gasteiger partial charge is 0.417 e. The number of nitrogens with one attached hydrogen (secondary N) is 1. The molecule has 3 N–H and O–H groups in total. The molecule has 0 radical (unpaired) electrons. The molecule has 0 aromatic carbocycles. The SMILES string of the molecule is CC(=O)N1CCC(NC2CCCCC2)=C(C(N)=C2C=NC3N=CC(C(F)(F)F)=CC23)C1. The number of halogens is 3. The number of hydrogen-bond donors (Lipinski definition) is 2. The Hall–Kier alpha value is -2.58. The molecule has 0 aromatic rings. The number of nitrogens with zero attached hydrogens (tertiary/aromatic N) is 3. The third kappa shape index (κ3) is 4.55. The molecule has 2 atom stereocenters. The molecular weight excluding hydrogens is 407 g/mol. The van der Waals surface area contributed by atoms with Gasteiger partial charge in [-0.05, 0) is 12.8 Å². The molecule has 2 unspecified atom stereocenters. The normalized spacial score (nSPS) is 28.5. The zero-order valence-corrected chi connectivity index (χ0v) is 17.6. The van der Waals surface area contributed by atoms with Crippen molar-refractivity contribution < 1.29 is 18.0 Å². The first-order valence-electron chi connectivity index (χ1n) is 10.8. The number of amides is 1. The molecule has 3 aliphatic heterocycles. The van der Waals surface area contributed by atoms with E-state index in [1.807, 2.05) is 0 Å². The summed E-state index contributed by atoms with van der Waals surface area (Å²) >= 11 is 0. The summed E-state index contributed by atoms with van der Waals surface area (Å²) in [4.78, 5) is 22.0. The highest BCUT2D eigenvalue weighted by molar-refractivity contribution is 5.89. The second kappa shape index (κ2) is 8.51. The third-order valence-corrected chi connectivity index (χ3v) is 6.51. The summed E-state index contributed by atoms with van der Waals surface area (Å²) in [6.45, 7) is 2.45. The number of carbonyl (C=O) groups is 1. The molecule has 1 saturated carbocycles. The van der Waals surface area contributed by atoms with E-state index in [9.17, 15) is 18.0 Å². The number of allylic oxidation sites excluding steroid dienone is 1. The van der Waals surface area contributed by atoms with Crippen LogP contribution in [0.3, 0.4) is 0 Å². The van der Waals surface area contributed by atoms with Gasteiger partial charge in [0.1, 0.15) is 6.17 Å². The van der Waals surface area contributed by atoms with E-state index < -0.39 is 23.8 Å². The van der Waals surface area contributed by atoms with Crippen LogP contribution < -0.4 is 11.1 Å². The standard InChI is InChI=1S/C22H28F3N5O/c1-13(31)30-8-7-19(29-15-5-3-2-4-6-15)18(12-30)20(26)17-11-28-21-16(17)9-14(10-27-21)22(23,24)25/h9-11,15-16,21,29H,2-8,12,26H2,1H3. The Labute approximate surface area is 179 Å². The molecule has 9 heteroatoms. The number of carbonyl (C=O) groups excluding carboxylic acids is 1. The van der Waals surface area contributed by atoms with Gasteiger partial charge in [-0.1, -0.05) is 25.3 Å². The topological polar surface area (TPSA) is 83.1 Å². The van der Waals surface area contributed by atoms with Crippen molar-refractivity contribution in [1.82, 2.24) is 10.2 Å². The summed E-state index contributed by atoms with van der Waals surface area (Å²) in [5.74, 6) is -0.704. The van der Waals surface area contributed by atoms with Gasteiger partial charge in [0.2, 0.25) is 5.91 Å². The van der Waals surface area contributed by atoms with Gasteiger partial charge in [-0.25, -0.2) is 0 Å². The van der Waals surface area contributed by atoms with E-state index in [2.05, 4.69) is 15.3 Å². The van der Waals surface area contributed by atoms with Gasteiger partial charge in [-0.2, -0.15) is 13.2 Å². The summed E-state index contributed by atoms with van der Waals surface area (Å²) < 4.78 is 39.7. The molecule has 6 nitrogen and oxygen atoms in total. The van der Waals surface area contributed by atoms with Crippen molar-refractivity contribution in [1.29, 1.82) is 0 Å². The second-order valence-corrected chi connectivity index (χ2v) is 8.61. The Kier molecular flexibility index (Phi) is 5.94.